The Morgan fingerprint density at radius 3 is 2.62 bits per heavy atom. The summed E-state index contributed by atoms with van der Waals surface area (Å²) in [6.45, 7) is 4.30. The van der Waals surface area contributed by atoms with Crippen LogP contribution in [0, 0.1) is 0 Å². The molecule has 138 valence electrons. The minimum absolute atomic E-state index is 0.0319. The van der Waals surface area contributed by atoms with E-state index in [4.69, 9.17) is 9.47 Å². The summed E-state index contributed by atoms with van der Waals surface area (Å²) in [5.74, 6) is 1.22. The topological polar surface area (TPSA) is 79.2 Å². The number of hydrogen-bond donors (Lipinski definition) is 3. The van der Waals surface area contributed by atoms with Gasteiger partial charge < -0.3 is 24.8 Å². The van der Waals surface area contributed by atoms with Crippen LogP contribution in [-0.4, -0.2) is 29.0 Å². The van der Waals surface area contributed by atoms with Crippen LogP contribution in [0.2, 0.25) is 0 Å². The van der Waals surface area contributed by atoms with Crippen LogP contribution in [0.15, 0.2) is 35.9 Å². The molecule has 5 nitrogen and oxygen atoms in total. The molecule has 1 aliphatic rings. The van der Waals surface area contributed by atoms with Crippen molar-refractivity contribution in [2.24, 2.45) is 0 Å². The number of hydrogen-bond acceptors (Lipinski definition) is 5. The maximum Gasteiger partial charge on any atom is 0.129 e. The van der Waals surface area contributed by atoms with Crippen LogP contribution < -0.4 is 9.47 Å². The van der Waals surface area contributed by atoms with E-state index in [2.05, 4.69) is 0 Å². The molecule has 0 fully saturated rings. The van der Waals surface area contributed by atoms with E-state index in [1.54, 1.807) is 25.3 Å². The minimum Gasteiger partial charge on any atom is -0.508 e. The molecule has 0 spiro atoms. The fourth-order valence-electron chi connectivity index (χ4n) is 3.24. The lowest BCUT2D eigenvalue weighted by Crippen LogP contribution is -2.19. The highest BCUT2D eigenvalue weighted by Crippen LogP contribution is 2.45. The second kappa shape index (κ2) is 7.20. The van der Waals surface area contributed by atoms with E-state index in [-0.39, 0.29) is 23.2 Å². The minimum atomic E-state index is -0.0971. The number of benzene rings is 2. The molecule has 5 heteroatoms. The van der Waals surface area contributed by atoms with E-state index in [1.807, 2.05) is 26.0 Å². The molecule has 3 N–H and O–H groups in total. The van der Waals surface area contributed by atoms with Gasteiger partial charge in [-0.15, -0.1) is 0 Å². The molecule has 26 heavy (non-hydrogen) atoms. The highest BCUT2D eigenvalue weighted by atomic mass is 16.5. The molecule has 0 unspecified atom stereocenters. The van der Waals surface area contributed by atoms with Crippen molar-refractivity contribution in [1.82, 2.24) is 0 Å². The van der Waals surface area contributed by atoms with Crippen molar-refractivity contribution >= 4 is 0 Å². The number of phenols is 3. The second-order valence-corrected chi connectivity index (χ2v) is 6.82. The molecule has 2 aromatic carbocycles. The number of allylic oxidation sites excluding steroid dienone is 2. The molecule has 0 saturated heterocycles. The molecule has 3 rings (SSSR count). The predicted octanol–water partition coefficient (Wildman–Crippen LogP) is 4.04. The highest BCUT2D eigenvalue weighted by molar-refractivity contribution is 5.58. The molecular weight excluding hydrogens is 332 g/mol. The molecule has 1 atom stereocenters. The van der Waals surface area contributed by atoms with E-state index in [9.17, 15) is 15.3 Å². The van der Waals surface area contributed by atoms with Crippen LogP contribution in [0.4, 0.5) is 0 Å². The van der Waals surface area contributed by atoms with E-state index >= 15 is 0 Å². The molecule has 0 aromatic heterocycles. The van der Waals surface area contributed by atoms with Gasteiger partial charge in [0, 0.05) is 34.7 Å². The van der Waals surface area contributed by atoms with Gasteiger partial charge in [0.2, 0.25) is 0 Å². The third kappa shape index (κ3) is 3.43. The van der Waals surface area contributed by atoms with Gasteiger partial charge in [-0.3, -0.25) is 0 Å². The Bertz CT molecular complexity index is 850. The Labute approximate surface area is 153 Å². The first-order valence-corrected chi connectivity index (χ1v) is 8.60. The molecule has 0 bridgehead atoms. The third-order valence-corrected chi connectivity index (χ3v) is 4.73. The van der Waals surface area contributed by atoms with Crippen LogP contribution in [0.5, 0.6) is 28.7 Å². The van der Waals surface area contributed by atoms with Gasteiger partial charge in [-0.25, -0.2) is 0 Å². The van der Waals surface area contributed by atoms with E-state index < -0.39 is 0 Å². The van der Waals surface area contributed by atoms with Gasteiger partial charge in [0.25, 0.3) is 0 Å². The summed E-state index contributed by atoms with van der Waals surface area (Å²) < 4.78 is 10.9. The summed E-state index contributed by atoms with van der Waals surface area (Å²) in [5, 5.41) is 31.2. The largest absolute Gasteiger partial charge is 0.508 e. The summed E-state index contributed by atoms with van der Waals surface area (Å²) in [4.78, 5) is 0. The fourth-order valence-corrected chi connectivity index (χ4v) is 3.24. The van der Waals surface area contributed by atoms with Crippen LogP contribution in [0.3, 0.4) is 0 Å². The van der Waals surface area contributed by atoms with Crippen molar-refractivity contribution in [3.05, 3.63) is 52.6 Å². The number of methoxy groups -OCH3 is 1. The first-order chi connectivity index (χ1) is 12.4. The van der Waals surface area contributed by atoms with Gasteiger partial charge in [-0.1, -0.05) is 17.7 Å². The zero-order valence-electron chi connectivity index (χ0n) is 15.2. The Morgan fingerprint density at radius 2 is 1.96 bits per heavy atom. The smallest absolute Gasteiger partial charge is 0.129 e. The number of fused-ring (bicyclic) bond motifs is 1. The molecule has 0 amide bonds. The number of aromatic hydroxyl groups is 3. The van der Waals surface area contributed by atoms with Crippen LogP contribution in [-0.2, 0) is 12.8 Å². The first kappa shape index (κ1) is 18.0. The van der Waals surface area contributed by atoms with Crippen LogP contribution >= 0.6 is 0 Å². The lowest BCUT2D eigenvalue weighted by atomic mass is 9.87. The van der Waals surface area contributed by atoms with Crippen molar-refractivity contribution in [3.8, 4) is 28.7 Å². The van der Waals surface area contributed by atoms with Crippen molar-refractivity contribution in [1.29, 1.82) is 0 Å². The number of ether oxygens (including phenoxy) is 2. The Kier molecular flexibility index (Phi) is 4.98. The molecule has 2 aromatic rings. The highest BCUT2D eigenvalue weighted by Gasteiger charge is 2.28. The van der Waals surface area contributed by atoms with E-state index in [0.29, 0.717) is 42.1 Å². The van der Waals surface area contributed by atoms with Gasteiger partial charge in [-0.05, 0) is 32.8 Å². The van der Waals surface area contributed by atoms with Crippen molar-refractivity contribution < 1.29 is 24.8 Å². The lowest BCUT2D eigenvalue weighted by Gasteiger charge is -2.28. The van der Waals surface area contributed by atoms with Gasteiger partial charge in [0.1, 0.15) is 28.7 Å². The normalized spacial score (nSPS) is 15.7. The average Bonchev–Trinajstić information content (AvgIpc) is 2.61. The zero-order valence-corrected chi connectivity index (χ0v) is 15.2. The van der Waals surface area contributed by atoms with E-state index in [0.717, 1.165) is 11.1 Å². The Morgan fingerprint density at radius 1 is 1.19 bits per heavy atom. The average molecular weight is 356 g/mol. The van der Waals surface area contributed by atoms with Gasteiger partial charge >= 0.3 is 0 Å². The van der Waals surface area contributed by atoms with Gasteiger partial charge in [-0.2, -0.15) is 0 Å². The SMILES string of the molecule is COc1ccc([C@@H]2COc3cc(O)c(CC=C(C)C)c(O)c3C2)c(O)c1. The zero-order chi connectivity index (χ0) is 18.8. The Balaban J connectivity index is 1.94. The molecule has 0 saturated carbocycles. The molecule has 0 radical (unpaired) electrons. The molecular formula is C21H24O5. The van der Waals surface area contributed by atoms with Gasteiger partial charge in [0.05, 0.1) is 13.7 Å². The summed E-state index contributed by atoms with van der Waals surface area (Å²) in [7, 11) is 1.55. The second-order valence-electron chi connectivity index (χ2n) is 6.82. The molecule has 1 aliphatic heterocycles. The van der Waals surface area contributed by atoms with Crippen molar-refractivity contribution in [2.75, 3.05) is 13.7 Å². The quantitative estimate of drug-likeness (QED) is 0.721. The fraction of sp³-hybridized carbons (Fsp3) is 0.333. The molecule has 1 heterocycles. The molecule has 0 aliphatic carbocycles. The summed E-state index contributed by atoms with van der Waals surface area (Å²) in [5.41, 5.74) is 3.01. The lowest BCUT2D eigenvalue weighted by molar-refractivity contribution is 0.253. The summed E-state index contributed by atoms with van der Waals surface area (Å²) in [6.07, 6.45) is 2.92. The van der Waals surface area contributed by atoms with Crippen molar-refractivity contribution in [3.63, 3.8) is 0 Å². The third-order valence-electron chi connectivity index (χ3n) is 4.73. The van der Waals surface area contributed by atoms with Gasteiger partial charge in [0.15, 0.2) is 0 Å². The van der Waals surface area contributed by atoms with E-state index in [1.165, 1.54) is 0 Å². The summed E-state index contributed by atoms with van der Waals surface area (Å²) >= 11 is 0. The number of rotatable bonds is 4. The monoisotopic (exact) mass is 356 g/mol. The standard InChI is InChI=1S/C21H24O5/c1-12(2)4-6-16-19(23)10-20-17(21(16)24)8-13(11-26-20)15-7-5-14(25-3)9-18(15)22/h4-5,7,9-10,13,22-24H,6,8,11H2,1-3H3/t13-/m0/s1. The Hall–Kier alpha value is -2.82. The van der Waals surface area contributed by atoms with Crippen LogP contribution in [0.25, 0.3) is 0 Å². The first-order valence-electron chi connectivity index (χ1n) is 8.60. The van der Waals surface area contributed by atoms with Crippen LogP contribution in [0.1, 0.15) is 36.5 Å². The predicted molar refractivity (Wildman–Crippen MR) is 99.5 cm³/mol. The summed E-state index contributed by atoms with van der Waals surface area (Å²) in [6, 6.07) is 6.74. The maximum atomic E-state index is 10.7. The van der Waals surface area contributed by atoms with Crippen molar-refractivity contribution in [2.45, 2.75) is 32.6 Å². The number of phenolic OH excluding ortho intramolecular Hbond substituents is 3. The maximum absolute atomic E-state index is 10.7.